The second-order valence-corrected chi connectivity index (χ2v) is 7.18. The molecule has 2 fully saturated rings. The lowest BCUT2D eigenvalue weighted by Gasteiger charge is -2.39. The first kappa shape index (κ1) is 17.6. The van der Waals surface area contributed by atoms with Gasteiger partial charge in [-0.25, -0.2) is 0 Å². The lowest BCUT2D eigenvalue weighted by molar-refractivity contribution is -0.275. The van der Waals surface area contributed by atoms with Gasteiger partial charge in [0.05, 0.1) is 5.41 Å². The minimum Gasteiger partial charge on any atom is -0.462 e. The number of esters is 1. The third kappa shape index (κ3) is 3.60. The average molecular weight is 318 g/mol. The average Bonchev–Trinajstić information content (AvgIpc) is 2.73. The first-order chi connectivity index (χ1) is 10.0. The van der Waals surface area contributed by atoms with Crippen molar-refractivity contribution in [1.82, 2.24) is 0 Å². The van der Waals surface area contributed by atoms with Gasteiger partial charge in [0, 0.05) is 7.11 Å². The van der Waals surface area contributed by atoms with E-state index in [9.17, 15) is 9.90 Å². The normalized spacial score (nSPS) is 37.7. The van der Waals surface area contributed by atoms with Gasteiger partial charge in [-0.3, -0.25) is 4.79 Å². The highest BCUT2D eigenvalue weighted by molar-refractivity contribution is 5.75. The monoisotopic (exact) mass is 318 g/mol. The molecule has 0 aliphatic carbocycles. The maximum absolute atomic E-state index is 11.9. The molecule has 5 atom stereocenters. The van der Waals surface area contributed by atoms with Gasteiger partial charge >= 0.3 is 5.97 Å². The number of rotatable bonds is 3. The van der Waals surface area contributed by atoms with Crippen LogP contribution in [0.25, 0.3) is 0 Å². The van der Waals surface area contributed by atoms with Gasteiger partial charge in [-0.05, 0) is 34.6 Å². The predicted molar refractivity (Wildman–Crippen MR) is 75.9 cm³/mol. The Morgan fingerprint density at radius 2 is 1.82 bits per heavy atom. The highest BCUT2D eigenvalue weighted by Gasteiger charge is 2.55. The summed E-state index contributed by atoms with van der Waals surface area (Å²) in [6.45, 7) is 8.87. The zero-order chi connectivity index (χ0) is 16.7. The number of hydrogen-bond donors (Lipinski definition) is 1. The molecular formula is C15H26O7. The maximum Gasteiger partial charge on any atom is 0.311 e. The van der Waals surface area contributed by atoms with E-state index >= 15 is 0 Å². The molecule has 0 aromatic heterocycles. The molecule has 128 valence electrons. The lowest BCUT2D eigenvalue weighted by atomic mass is 9.97. The van der Waals surface area contributed by atoms with Crippen molar-refractivity contribution in [1.29, 1.82) is 0 Å². The number of methoxy groups -OCH3 is 1. The molecule has 0 amide bonds. The van der Waals surface area contributed by atoms with Gasteiger partial charge in [0.1, 0.15) is 31.0 Å². The smallest absolute Gasteiger partial charge is 0.311 e. The summed E-state index contributed by atoms with van der Waals surface area (Å²) in [5.74, 6) is -1.17. The van der Waals surface area contributed by atoms with Crippen LogP contribution in [0.15, 0.2) is 0 Å². The molecule has 0 spiro atoms. The molecule has 2 aliphatic heterocycles. The molecule has 0 aromatic carbocycles. The summed E-state index contributed by atoms with van der Waals surface area (Å²) in [6.07, 6.45) is -3.49. The minimum atomic E-state index is -0.966. The van der Waals surface area contributed by atoms with E-state index in [1.165, 1.54) is 7.11 Å². The van der Waals surface area contributed by atoms with E-state index in [1.54, 1.807) is 34.6 Å². The van der Waals surface area contributed by atoms with Gasteiger partial charge in [0.15, 0.2) is 12.1 Å². The van der Waals surface area contributed by atoms with E-state index in [2.05, 4.69) is 0 Å². The van der Waals surface area contributed by atoms with Crippen LogP contribution >= 0.6 is 0 Å². The third-order valence-corrected chi connectivity index (χ3v) is 3.68. The predicted octanol–water partition coefficient (Wildman–Crippen LogP) is 0.828. The van der Waals surface area contributed by atoms with Crippen LogP contribution in [0, 0.1) is 5.41 Å². The van der Waals surface area contributed by atoms with Crippen LogP contribution in [0.5, 0.6) is 0 Å². The molecular weight excluding hydrogens is 292 g/mol. The Bertz CT molecular complexity index is 415. The Morgan fingerprint density at radius 3 is 2.36 bits per heavy atom. The Hall–Kier alpha value is -0.730. The summed E-state index contributed by atoms with van der Waals surface area (Å²) >= 11 is 0. The summed E-state index contributed by atoms with van der Waals surface area (Å²) in [5, 5.41) is 10.2. The Balaban J connectivity index is 2.07. The fourth-order valence-corrected chi connectivity index (χ4v) is 2.56. The van der Waals surface area contributed by atoms with Gasteiger partial charge < -0.3 is 28.8 Å². The molecule has 0 saturated carbocycles. The SMILES string of the molecule is CO[C@@H]1O[C@H](COC(=O)C(C)(C)C)[C@@H]2OC(C)(C)O[C@@H]2[C@H]1O. The summed E-state index contributed by atoms with van der Waals surface area (Å²) in [4.78, 5) is 11.9. The summed E-state index contributed by atoms with van der Waals surface area (Å²) < 4.78 is 27.6. The van der Waals surface area contributed by atoms with Crippen molar-refractivity contribution in [3.8, 4) is 0 Å². The van der Waals surface area contributed by atoms with Gasteiger partial charge in [-0.1, -0.05) is 0 Å². The zero-order valence-corrected chi connectivity index (χ0v) is 14.0. The van der Waals surface area contributed by atoms with E-state index in [1.807, 2.05) is 0 Å². The highest BCUT2D eigenvalue weighted by atomic mass is 16.8. The van der Waals surface area contributed by atoms with Gasteiger partial charge in [0.2, 0.25) is 0 Å². The molecule has 1 N–H and O–H groups in total. The van der Waals surface area contributed by atoms with Crippen LogP contribution in [0.2, 0.25) is 0 Å². The van der Waals surface area contributed by atoms with Gasteiger partial charge in [0.25, 0.3) is 0 Å². The molecule has 2 aliphatic rings. The van der Waals surface area contributed by atoms with E-state index < -0.39 is 41.9 Å². The number of carbonyl (C=O) groups is 1. The Kier molecular flexibility index (Phi) is 4.85. The molecule has 0 aromatic rings. The van der Waals surface area contributed by atoms with Gasteiger partial charge in [-0.15, -0.1) is 0 Å². The molecule has 0 radical (unpaired) electrons. The van der Waals surface area contributed by atoms with E-state index in [-0.39, 0.29) is 12.6 Å². The number of fused-ring (bicyclic) bond motifs is 1. The van der Waals surface area contributed by atoms with Crippen molar-refractivity contribution in [3.05, 3.63) is 0 Å². The van der Waals surface area contributed by atoms with Crippen LogP contribution in [0.1, 0.15) is 34.6 Å². The van der Waals surface area contributed by atoms with Crippen LogP contribution in [0.4, 0.5) is 0 Å². The summed E-state index contributed by atoms with van der Waals surface area (Å²) in [7, 11) is 1.44. The minimum absolute atomic E-state index is 0.0172. The second-order valence-electron chi connectivity index (χ2n) is 7.18. The first-order valence-corrected chi connectivity index (χ1v) is 7.44. The van der Waals surface area contributed by atoms with Crippen molar-refractivity contribution in [2.75, 3.05) is 13.7 Å². The quantitative estimate of drug-likeness (QED) is 0.772. The maximum atomic E-state index is 11.9. The number of aliphatic hydroxyl groups is 1. The molecule has 7 heteroatoms. The standard InChI is InChI=1S/C15H26O7/c1-14(2,3)13(17)19-7-8-10-11(22-15(4,5)21-10)9(16)12(18-6)20-8/h8-12,16H,7H2,1-6H3/t8-,9-,10+,11-,12-/m1/s1. The molecule has 2 rings (SSSR count). The van der Waals surface area contributed by atoms with E-state index in [4.69, 9.17) is 23.7 Å². The fraction of sp³-hybridized carbons (Fsp3) is 0.933. The van der Waals surface area contributed by atoms with E-state index in [0.717, 1.165) is 0 Å². The first-order valence-electron chi connectivity index (χ1n) is 7.44. The highest BCUT2D eigenvalue weighted by Crippen LogP contribution is 2.37. The van der Waals surface area contributed by atoms with Crippen LogP contribution in [0.3, 0.4) is 0 Å². The number of ether oxygens (including phenoxy) is 5. The van der Waals surface area contributed by atoms with Crippen molar-refractivity contribution < 1.29 is 33.6 Å². The van der Waals surface area contributed by atoms with Crippen molar-refractivity contribution in [2.24, 2.45) is 5.41 Å². The van der Waals surface area contributed by atoms with E-state index in [0.29, 0.717) is 0 Å². The van der Waals surface area contributed by atoms with Crippen LogP contribution < -0.4 is 0 Å². The largest absolute Gasteiger partial charge is 0.462 e. The van der Waals surface area contributed by atoms with Crippen LogP contribution in [-0.2, 0) is 28.5 Å². The molecule has 0 unspecified atom stereocenters. The lowest BCUT2D eigenvalue weighted by Crippen LogP contribution is -2.58. The fourth-order valence-electron chi connectivity index (χ4n) is 2.56. The number of hydrogen-bond acceptors (Lipinski definition) is 7. The molecule has 2 heterocycles. The Morgan fingerprint density at radius 1 is 1.23 bits per heavy atom. The summed E-state index contributed by atoms with van der Waals surface area (Å²) in [6, 6.07) is 0. The molecule has 22 heavy (non-hydrogen) atoms. The Labute approximate surface area is 130 Å². The number of carbonyl (C=O) groups excluding carboxylic acids is 1. The van der Waals surface area contributed by atoms with Crippen molar-refractivity contribution in [2.45, 2.75) is 71.1 Å². The van der Waals surface area contributed by atoms with Crippen LogP contribution in [-0.4, -0.2) is 61.3 Å². The molecule has 0 bridgehead atoms. The van der Waals surface area contributed by atoms with Gasteiger partial charge in [-0.2, -0.15) is 0 Å². The summed E-state index contributed by atoms with van der Waals surface area (Å²) in [5.41, 5.74) is -0.597. The number of aliphatic hydroxyl groups excluding tert-OH is 1. The topological polar surface area (TPSA) is 83.5 Å². The molecule has 2 saturated heterocycles. The zero-order valence-electron chi connectivity index (χ0n) is 14.0. The second kappa shape index (κ2) is 6.05. The molecule has 7 nitrogen and oxygen atoms in total. The van der Waals surface area contributed by atoms with Crippen molar-refractivity contribution >= 4 is 5.97 Å². The van der Waals surface area contributed by atoms with Crippen molar-refractivity contribution in [3.63, 3.8) is 0 Å². The third-order valence-electron chi connectivity index (χ3n) is 3.68.